The zero-order chi connectivity index (χ0) is 22.0. The van der Waals surface area contributed by atoms with Crippen molar-refractivity contribution in [2.24, 2.45) is 5.73 Å². The van der Waals surface area contributed by atoms with Gasteiger partial charge in [-0.25, -0.2) is 9.97 Å². The highest BCUT2D eigenvalue weighted by molar-refractivity contribution is 7.26. The maximum Gasteiger partial charge on any atom is 0.416 e. The SMILES string of the molecule is CCc1nc(NCC(N)Cc2ccc(C(F)(F)F)cc2)sc1-c1nc2ccncc2s1. The molecule has 3 heterocycles. The van der Waals surface area contributed by atoms with Crippen molar-refractivity contribution in [1.29, 1.82) is 0 Å². The average Bonchev–Trinajstić information content (AvgIpc) is 3.35. The van der Waals surface area contributed by atoms with Crippen LogP contribution in [0.25, 0.3) is 20.1 Å². The quantitative estimate of drug-likeness (QED) is 0.385. The lowest BCUT2D eigenvalue weighted by molar-refractivity contribution is -0.137. The summed E-state index contributed by atoms with van der Waals surface area (Å²) in [5.74, 6) is 0. The van der Waals surface area contributed by atoms with Crippen LogP contribution in [-0.4, -0.2) is 27.5 Å². The monoisotopic (exact) mass is 463 g/mol. The van der Waals surface area contributed by atoms with Gasteiger partial charge in [0.1, 0.15) is 5.01 Å². The van der Waals surface area contributed by atoms with Crippen molar-refractivity contribution in [1.82, 2.24) is 15.0 Å². The maximum absolute atomic E-state index is 12.7. The van der Waals surface area contributed by atoms with E-state index in [1.807, 2.05) is 19.2 Å². The van der Waals surface area contributed by atoms with Crippen LogP contribution < -0.4 is 11.1 Å². The number of hydrogen-bond donors (Lipinski definition) is 2. The fourth-order valence-corrected chi connectivity index (χ4v) is 5.22. The number of thiazole rings is 2. The van der Waals surface area contributed by atoms with Gasteiger partial charge in [0.2, 0.25) is 0 Å². The van der Waals surface area contributed by atoms with E-state index >= 15 is 0 Å². The lowest BCUT2D eigenvalue weighted by Gasteiger charge is -2.13. The van der Waals surface area contributed by atoms with Crippen molar-refractivity contribution >= 4 is 38.0 Å². The Morgan fingerprint density at radius 2 is 1.87 bits per heavy atom. The fourth-order valence-electron chi connectivity index (χ4n) is 3.13. The molecule has 0 bridgehead atoms. The third-order valence-corrected chi connectivity index (χ3v) is 6.93. The van der Waals surface area contributed by atoms with Crippen LogP contribution in [0, 0.1) is 0 Å². The van der Waals surface area contributed by atoms with Gasteiger partial charge in [-0.1, -0.05) is 30.4 Å². The number of nitrogens with zero attached hydrogens (tertiary/aromatic N) is 3. The van der Waals surface area contributed by atoms with Crippen LogP contribution in [-0.2, 0) is 19.0 Å². The summed E-state index contributed by atoms with van der Waals surface area (Å²) >= 11 is 3.12. The number of halogens is 3. The Kier molecular flexibility index (Phi) is 6.22. The average molecular weight is 464 g/mol. The molecule has 4 aromatic rings. The molecule has 5 nitrogen and oxygen atoms in total. The molecule has 0 saturated heterocycles. The summed E-state index contributed by atoms with van der Waals surface area (Å²) in [6.07, 6.45) is 0.447. The standard InChI is InChI=1S/C21H20F3N5S2/c1-2-15-18(19-28-16-7-8-26-11-17(16)30-19)31-20(29-15)27-10-14(25)9-12-3-5-13(6-4-12)21(22,23)24/h3-8,11,14H,2,9-10,25H2,1H3,(H,27,29). The number of benzene rings is 1. The van der Waals surface area contributed by atoms with Crippen LogP contribution >= 0.6 is 22.7 Å². The molecule has 3 aromatic heterocycles. The summed E-state index contributed by atoms with van der Waals surface area (Å²) in [4.78, 5) is 14.5. The number of pyridine rings is 1. The van der Waals surface area contributed by atoms with Crippen molar-refractivity contribution in [3.63, 3.8) is 0 Å². The molecule has 0 aliphatic rings. The first-order chi connectivity index (χ1) is 14.8. The Morgan fingerprint density at radius 1 is 1.10 bits per heavy atom. The molecule has 0 saturated carbocycles. The minimum atomic E-state index is -4.33. The highest BCUT2D eigenvalue weighted by Gasteiger charge is 2.30. The largest absolute Gasteiger partial charge is 0.416 e. The predicted octanol–water partition coefficient (Wildman–Crippen LogP) is 5.38. The van der Waals surface area contributed by atoms with Gasteiger partial charge < -0.3 is 11.1 Å². The molecular weight excluding hydrogens is 443 g/mol. The van der Waals surface area contributed by atoms with E-state index in [-0.39, 0.29) is 6.04 Å². The Morgan fingerprint density at radius 3 is 2.55 bits per heavy atom. The molecule has 0 aliphatic heterocycles. The summed E-state index contributed by atoms with van der Waals surface area (Å²) < 4.78 is 39.1. The van der Waals surface area contributed by atoms with Crippen LogP contribution in [0.1, 0.15) is 23.7 Å². The van der Waals surface area contributed by atoms with Gasteiger partial charge in [-0.05, 0) is 36.6 Å². The smallest absolute Gasteiger partial charge is 0.360 e. The van der Waals surface area contributed by atoms with E-state index in [1.54, 1.807) is 17.5 Å². The molecule has 0 spiro atoms. The molecule has 4 rings (SSSR count). The number of nitrogens with two attached hydrogens (primary N) is 1. The minimum absolute atomic E-state index is 0.261. The van der Waals surface area contributed by atoms with Crippen LogP contribution in [0.5, 0.6) is 0 Å². The molecule has 31 heavy (non-hydrogen) atoms. The summed E-state index contributed by atoms with van der Waals surface area (Å²) in [6, 6.07) is 6.75. The number of hydrogen-bond acceptors (Lipinski definition) is 7. The lowest BCUT2D eigenvalue weighted by atomic mass is 10.0. The van der Waals surface area contributed by atoms with Crippen molar-refractivity contribution in [2.45, 2.75) is 32.0 Å². The van der Waals surface area contributed by atoms with Gasteiger partial charge in [0.15, 0.2) is 5.13 Å². The van der Waals surface area contributed by atoms with E-state index in [0.29, 0.717) is 13.0 Å². The molecular formula is C21H20F3N5S2. The second kappa shape index (κ2) is 8.89. The number of anilines is 1. The predicted molar refractivity (Wildman–Crippen MR) is 120 cm³/mol. The molecule has 1 aromatic carbocycles. The molecule has 1 unspecified atom stereocenters. The third-order valence-electron chi connectivity index (χ3n) is 4.71. The molecule has 0 fully saturated rings. The molecule has 0 amide bonds. The Balaban J connectivity index is 1.41. The van der Waals surface area contributed by atoms with E-state index in [2.05, 4.69) is 15.3 Å². The summed E-state index contributed by atoms with van der Waals surface area (Å²) in [5, 5.41) is 4.94. The molecule has 0 aliphatic carbocycles. The molecule has 0 radical (unpaired) electrons. The summed E-state index contributed by atoms with van der Waals surface area (Å²) in [7, 11) is 0. The molecule has 3 N–H and O–H groups in total. The van der Waals surface area contributed by atoms with Gasteiger partial charge in [0, 0.05) is 25.0 Å². The first-order valence-electron chi connectivity index (χ1n) is 9.69. The van der Waals surface area contributed by atoms with Gasteiger partial charge >= 0.3 is 6.18 Å². The zero-order valence-corrected chi connectivity index (χ0v) is 18.2. The van der Waals surface area contributed by atoms with Crippen molar-refractivity contribution < 1.29 is 13.2 Å². The molecule has 10 heteroatoms. The third kappa shape index (κ3) is 5.03. The highest BCUT2D eigenvalue weighted by Crippen LogP contribution is 2.37. The van der Waals surface area contributed by atoms with E-state index < -0.39 is 11.7 Å². The van der Waals surface area contributed by atoms with Crippen LogP contribution in [0.4, 0.5) is 18.3 Å². The van der Waals surface area contributed by atoms with Gasteiger partial charge in [0.25, 0.3) is 0 Å². The number of aromatic nitrogens is 3. The topological polar surface area (TPSA) is 76.7 Å². The first kappa shape index (κ1) is 21.7. The van der Waals surface area contributed by atoms with Gasteiger partial charge in [-0.2, -0.15) is 13.2 Å². The molecule has 162 valence electrons. The van der Waals surface area contributed by atoms with Crippen LogP contribution in [0.3, 0.4) is 0 Å². The van der Waals surface area contributed by atoms with Crippen molar-refractivity contribution in [3.05, 3.63) is 59.5 Å². The minimum Gasteiger partial charge on any atom is -0.360 e. The van der Waals surface area contributed by atoms with Gasteiger partial charge in [0.05, 0.1) is 26.4 Å². The summed E-state index contributed by atoms with van der Waals surface area (Å²) in [5.41, 5.74) is 8.18. The first-order valence-corrected chi connectivity index (χ1v) is 11.3. The Labute approximate surface area is 185 Å². The van der Waals surface area contributed by atoms with E-state index in [1.165, 1.54) is 23.5 Å². The van der Waals surface area contributed by atoms with Crippen molar-refractivity contribution in [2.75, 3.05) is 11.9 Å². The fraction of sp³-hybridized carbons (Fsp3) is 0.286. The highest BCUT2D eigenvalue weighted by atomic mass is 32.1. The normalized spacial score (nSPS) is 12.9. The number of rotatable bonds is 7. The Hall–Kier alpha value is -2.56. The van der Waals surface area contributed by atoms with Gasteiger partial charge in [-0.3, -0.25) is 4.98 Å². The second-order valence-electron chi connectivity index (χ2n) is 7.05. The van der Waals surface area contributed by atoms with Crippen LogP contribution in [0.2, 0.25) is 0 Å². The van der Waals surface area contributed by atoms with Gasteiger partial charge in [-0.15, -0.1) is 11.3 Å². The van der Waals surface area contributed by atoms with E-state index in [4.69, 9.17) is 10.7 Å². The number of alkyl halides is 3. The maximum atomic E-state index is 12.7. The number of fused-ring (bicyclic) bond motifs is 1. The molecule has 1 atom stereocenters. The van der Waals surface area contributed by atoms with Crippen molar-refractivity contribution in [3.8, 4) is 9.88 Å². The van der Waals surface area contributed by atoms with E-state index in [0.717, 1.165) is 55.0 Å². The second-order valence-corrected chi connectivity index (χ2v) is 9.08. The lowest BCUT2D eigenvalue weighted by Crippen LogP contribution is -2.31. The van der Waals surface area contributed by atoms with E-state index in [9.17, 15) is 13.2 Å². The Bertz CT molecular complexity index is 1130. The number of nitrogens with one attached hydrogen (secondary N) is 1. The zero-order valence-electron chi connectivity index (χ0n) is 16.6. The van der Waals surface area contributed by atoms with Crippen LogP contribution in [0.15, 0.2) is 42.7 Å². The number of aryl methyl sites for hydroxylation is 1. The summed E-state index contributed by atoms with van der Waals surface area (Å²) in [6.45, 7) is 2.51.